The summed E-state index contributed by atoms with van der Waals surface area (Å²) in [6.07, 6.45) is 8.30. The second-order valence-corrected chi connectivity index (χ2v) is 7.31. The molecule has 0 amide bonds. The highest BCUT2D eigenvalue weighted by Gasteiger charge is 2.15. The van der Waals surface area contributed by atoms with E-state index in [9.17, 15) is 0 Å². The van der Waals surface area contributed by atoms with Crippen molar-refractivity contribution in [2.75, 3.05) is 5.32 Å². The van der Waals surface area contributed by atoms with E-state index < -0.39 is 0 Å². The zero-order valence-corrected chi connectivity index (χ0v) is 17.4. The van der Waals surface area contributed by atoms with Crippen molar-refractivity contribution >= 4 is 11.6 Å². The quantitative estimate of drug-likeness (QED) is 0.395. The molecule has 2 aromatic carbocycles. The molecule has 0 bridgehead atoms. The van der Waals surface area contributed by atoms with Crippen LogP contribution in [0.4, 0.5) is 11.6 Å². The molecule has 0 aliphatic carbocycles. The van der Waals surface area contributed by atoms with Crippen molar-refractivity contribution in [3.05, 3.63) is 109 Å². The Kier molecular flexibility index (Phi) is 5.66. The van der Waals surface area contributed by atoms with Gasteiger partial charge in [-0.2, -0.15) is 5.10 Å². The largest absolute Gasteiger partial charge is 0.324 e. The smallest absolute Gasteiger partial charge is 0.227 e. The maximum atomic E-state index is 4.88. The lowest BCUT2D eigenvalue weighted by molar-refractivity contribution is 0.617. The first-order chi connectivity index (χ1) is 15.8. The number of hydrogen-bond donors (Lipinski definition) is 1. The van der Waals surface area contributed by atoms with Gasteiger partial charge in [0, 0.05) is 48.1 Å². The predicted octanol–water partition coefficient (Wildman–Crippen LogP) is 5.19. The van der Waals surface area contributed by atoms with Crippen molar-refractivity contribution in [3.63, 3.8) is 0 Å². The zero-order valence-electron chi connectivity index (χ0n) is 17.4. The third-order valence-corrected chi connectivity index (χ3v) is 5.07. The summed E-state index contributed by atoms with van der Waals surface area (Å²) in [6, 6.07) is 26.8. The fraction of sp³-hybridized carbons (Fsp3) is 0.0769. The van der Waals surface area contributed by atoms with E-state index in [2.05, 4.69) is 51.8 Å². The Labute approximate surface area is 186 Å². The van der Waals surface area contributed by atoms with Crippen molar-refractivity contribution in [1.82, 2.24) is 24.7 Å². The lowest BCUT2D eigenvalue weighted by Gasteiger charge is -2.06. The van der Waals surface area contributed by atoms with Crippen molar-refractivity contribution in [1.29, 1.82) is 0 Å². The van der Waals surface area contributed by atoms with Gasteiger partial charge >= 0.3 is 0 Å². The highest BCUT2D eigenvalue weighted by Crippen LogP contribution is 2.30. The fourth-order valence-corrected chi connectivity index (χ4v) is 3.50. The molecule has 5 rings (SSSR count). The molecular weight excluding hydrogens is 396 g/mol. The summed E-state index contributed by atoms with van der Waals surface area (Å²) in [6.45, 7) is 0.772. The lowest BCUT2D eigenvalue weighted by atomic mass is 10.1. The zero-order chi connectivity index (χ0) is 21.6. The molecule has 6 nitrogen and oxygen atoms in total. The second-order valence-electron chi connectivity index (χ2n) is 7.31. The predicted molar refractivity (Wildman–Crippen MR) is 125 cm³/mol. The minimum absolute atomic E-state index is 0.530. The first-order valence-corrected chi connectivity index (χ1v) is 10.4. The molecule has 3 heterocycles. The van der Waals surface area contributed by atoms with Crippen LogP contribution < -0.4 is 5.32 Å². The first kappa shape index (κ1) is 19.6. The Hall–Kier alpha value is -4.32. The van der Waals surface area contributed by atoms with Gasteiger partial charge in [-0.15, -0.1) is 0 Å². The van der Waals surface area contributed by atoms with Crippen LogP contribution in [0.1, 0.15) is 5.56 Å². The minimum atomic E-state index is 0.530. The summed E-state index contributed by atoms with van der Waals surface area (Å²) in [4.78, 5) is 13.4. The highest BCUT2D eigenvalue weighted by atomic mass is 15.3. The van der Waals surface area contributed by atoms with Crippen molar-refractivity contribution in [2.45, 2.75) is 13.0 Å². The van der Waals surface area contributed by atoms with Crippen LogP contribution in [-0.2, 0) is 13.0 Å². The number of aryl methyl sites for hydroxylation is 2. The second kappa shape index (κ2) is 9.22. The Balaban J connectivity index is 1.48. The summed E-state index contributed by atoms with van der Waals surface area (Å²) in [5.74, 6) is 0.530. The van der Waals surface area contributed by atoms with E-state index in [1.165, 1.54) is 5.56 Å². The molecule has 155 valence electrons. The Bertz CT molecular complexity index is 1280. The summed E-state index contributed by atoms with van der Waals surface area (Å²) in [7, 11) is 0. The number of anilines is 2. The third kappa shape index (κ3) is 4.54. The molecule has 3 aromatic heterocycles. The Morgan fingerprint density at radius 3 is 2.59 bits per heavy atom. The van der Waals surface area contributed by atoms with E-state index in [1.54, 1.807) is 12.4 Å². The summed E-state index contributed by atoms with van der Waals surface area (Å²) in [5.41, 5.74) is 5.73. The molecule has 1 radical (unpaired) electrons. The average molecular weight is 417 g/mol. The van der Waals surface area contributed by atoms with E-state index in [0.717, 1.165) is 41.2 Å². The van der Waals surface area contributed by atoms with E-state index in [-0.39, 0.29) is 0 Å². The molecule has 32 heavy (non-hydrogen) atoms. The summed E-state index contributed by atoms with van der Waals surface area (Å²) >= 11 is 0. The van der Waals surface area contributed by atoms with Gasteiger partial charge in [-0.1, -0.05) is 42.5 Å². The van der Waals surface area contributed by atoms with E-state index in [4.69, 9.17) is 10.1 Å². The number of aromatic nitrogens is 5. The lowest BCUT2D eigenvalue weighted by Crippen LogP contribution is -2.02. The third-order valence-electron chi connectivity index (χ3n) is 5.07. The van der Waals surface area contributed by atoms with Gasteiger partial charge in [0.1, 0.15) is 5.69 Å². The first-order valence-electron chi connectivity index (χ1n) is 10.4. The molecule has 5 aromatic rings. The topological polar surface area (TPSA) is 68.5 Å². The Morgan fingerprint density at radius 1 is 0.906 bits per heavy atom. The van der Waals surface area contributed by atoms with Crippen LogP contribution in [0.3, 0.4) is 0 Å². The number of rotatable bonds is 7. The molecule has 0 unspecified atom stereocenters. The van der Waals surface area contributed by atoms with Gasteiger partial charge in [0.2, 0.25) is 5.95 Å². The maximum Gasteiger partial charge on any atom is 0.227 e. The van der Waals surface area contributed by atoms with Crippen molar-refractivity contribution in [2.24, 2.45) is 0 Å². The maximum absolute atomic E-state index is 4.88. The van der Waals surface area contributed by atoms with Gasteiger partial charge in [-0.05, 0) is 48.4 Å². The summed E-state index contributed by atoms with van der Waals surface area (Å²) in [5, 5.41) is 8.12. The number of nitrogens with one attached hydrogen (secondary N) is 1. The molecule has 0 aliphatic heterocycles. The van der Waals surface area contributed by atoms with Crippen LogP contribution in [-0.4, -0.2) is 24.7 Å². The molecule has 0 spiro atoms. The van der Waals surface area contributed by atoms with Gasteiger partial charge in [-0.3, -0.25) is 9.67 Å². The molecule has 0 fully saturated rings. The highest BCUT2D eigenvalue weighted by molar-refractivity contribution is 5.78. The van der Waals surface area contributed by atoms with E-state index in [1.807, 2.05) is 59.4 Å². The van der Waals surface area contributed by atoms with E-state index in [0.29, 0.717) is 5.95 Å². The standard InChI is InChI=1S/C26H21N6/c1-3-8-20(9-4-1)14-17-32-19-23(25(31-32)21-10-7-15-27-18-21)24-13-16-28-26(30-24)29-22-11-5-2-6-12-22/h1,3-13,15-16,18-19H,14,17H2,(H,28,29,30). The van der Waals surface area contributed by atoms with Gasteiger partial charge < -0.3 is 5.32 Å². The molecule has 1 N–H and O–H groups in total. The molecule has 6 heteroatoms. The molecular formula is C26H21N6. The normalized spacial score (nSPS) is 10.8. The average Bonchev–Trinajstić information content (AvgIpc) is 3.29. The van der Waals surface area contributed by atoms with Gasteiger partial charge in [0.05, 0.1) is 5.69 Å². The molecule has 0 saturated heterocycles. The monoisotopic (exact) mass is 417 g/mol. The van der Waals surface area contributed by atoms with Crippen LogP contribution in [0.2, 0.25) is 0 Å². The number of nitrogens with zero attached hydrogens (tertiary/aromatic N) is 5. The number of hydrogen-bond acceptors (Lipinski definition) is 5. The van der Waals surface area contributed by atoms with Crippen LogP contribution in [0.25, 0.3) is 22.5 Å². The van der Waals surface area contributed by atoms with Crippen LogP contribution >= 0.6 is 0 Å². The van der Waals surface area contributed by atoms with Gasteiger partial charge in [-0.25, -0.2) is 9.97 Å². The van der Waals surface area contributed by atoms with Gasteiger partial charge in [0.15, 0.2) is 0 Å². The number of benzene rings is 2. The molecule has 0 atom stereocenters. The van der Waals surface area contributed by atoms with Crippen LogP contribution in [0, 0.1) is 6.07 Å². The molecule has 0 saturated carbocycles. The fourth-order valence-electron chi connectivity index (χ4n) is 3.50. The Morgan fingerprint density at radius 2 is 1.78 bits per heavy atom. The minimum Gasteiger partial charge on any atom is -0.324 e. The number of pyridine rings is 1. The van der Waals surface area contributed by atoms with Crippen LogP contribution in [0.15, 0.2) is 97.6 Å². The SMILES string of the molecule is [c]1ccc(Nc2nccc(-c3cn(CCc4ccccc4)nc3-c3cccnc3)n2)cc1. The summed E-state index contributed by atoms with van der Waals surface area (Å²) < 4.78 is 1.98. The molecule has 0 aliphatic rings. The van der Waals surface area contributed by atoms with Crippen molar-refractivity contribution < 1.29 is 0 Å². The van der Waals surface area contributed by atoms with E-state index >= 15 is 0 Å². The van der Waals surface area contributed by atoms with Crippen LogP contribution in [0.5, 0.6) is 0 Å². The van der Waals surface area contributed by atoms with Crippen molar-refractivity contribution in [3.8, 4) is 22.5 Å². The van der Waals surface area contributed by atoms with Gasteiger partial charge in [0.25, 0.3) is 0 Å².